The summed E-state index contributed by atoms with van der Waals surface area (Å²) in [6.45, 7) is 3.96. The summed E-state index contributed by atoms with van der Waals surface area (Å²) < 4.78 is 6.16. The molecule has 0 aliphatic carbocycles. The SMILES string of the molecule is CCOC(=O)/C=C\Nc1sc(C)c2cnn(-c3ccc(Cl)cc3)c(=O)c12. The largest absolute Gasteiger partial charge is 0.463 e. The minimum absolute atomic E-state index is 0.249. The fraction of sp³-hybridized carbons (Fsp3) is 0.167. The van der Waals surface area contributed by atoms with Crippen LogP contribution in [0.5, 0.6) is 0 Å². The molecule has 0 atom stereocenters. The van der Waals surface area contributed by atoms with E-state index < -0.39 is 5.97 Å². The molecule has 0 fully saturated rings. The molecule has 3 aromatic rings. The molecule has 2 heterocycles. The molecule has 3 rings (SSSR count). The van der Waals surface area contributed by atoms with E-state index in [-0.39, 0.29) is 5.56 Å². The maximum Gasteiger partial charge on any atom is 0.332 e. The van der Waals surface area contributed by atoms with Gasteiger partial charge in [0.25, 0.3) is 5.56 Å². The van der Waals surface area contributed by atoms with Gasteiger partial charge >= 0.3 is 5.97 Å². The van der Waals surface area contributed by atoms with Crippen molar-refractivity contribution in [3.05, 3.63) is 63.0 Å². The van der Waals surface area contributed by atoms with Crippen LogP contribution >= 0.6 is 22.9 Å². The number of rotatable bonds is 5. The zero-order chi connectivity index (χ0) is 18.7. The number of hydrogen-bond acceptors (Lipinski definition) is 6. The number of anilines is 1. The van der Waals surface area contributed by atoms with Gasteiger partial charge in [-0.15, -0.1) is 11.3 Å². The van der Waals surface area contributed by atoms with Gasteiger partial charge in [0.15, 0.2) is 0 Å². The first-order chi connectivity index (χ1) is 12.5. The summed E-state index contributed by atoms with van der Waals surface area (Å²) in [6, 6.07) is 6.87. The zero-order valence-corrected chi connectivity index (χ0v) is 15.7. The van der Waals surface area contributed by atoms with Crippen molar-refractivity contribution in [1.29, 1.82) is 0 Å². The van der Waals surface area contributed by atoms with Gasteiger partial charge in [-0.05, 0) is 38.1 Å². The van der Waals surface area contributed by atoms with Crippen molar-refractivity contribution < 1.29 is 9.53 Å². The molecule has 6 nitrogen and oxygen atoms in total. The number of aryl methyl sites for hydroxylation is 1. The monoisotopic (exact) mass is 389 g/mol. The van der Waals surface area contributed by atoms with E-state index in [2.05, 4.69) is 10.4 Å². The molecule has 0 aliphatic rings. The topological polar surface area (TPSA) is 73.2 Å². The van der Waals surface area contributed by atoms with Crippen LogP contribution in [-0.2, 0) is 9.53 Å². The number of halogens is 1. The van der Waals surface area contributed by atoms with Gasteiger partial charge in [0.05, 0.1) is 23.9 Å². The molecule has 0 saturated carbocycles. The van der Waals surface area contributed by atoms with Gasteiger partial charge in [-0.2, -0.15) is 9.78 Å². The van der Waals surface area contributed by atoms with Gasteiger partial charge in [-0.25, -0.2) is 4.79 Å². The Balaban J connectivity index is 2.02. The summed E-state index contributed by atoms with van der Waals surface area (Å²) in [7, 11) is 0. The van der Waals surface area contributed by atoms with E-state index in [1.165, 1.54) is 28.3 Å². The third-order valence-electron chi connectivity index (χ3n) is 3.63. The van der Waals surface area contributed by atoms with Crippen molar-refractivity contribution >= 4 is 44.7 Å². The van der Waals surface area contributed by atoms with Crippen LogP contribution in [0.25, 0.3) is 16.5 Å². The smallest absolute Gasteiger partial charge is 0.332 e. The third-order valence-corrected chi connectivity index (χ3v) is 4.94. The summed E-state index contributed by atoms with van der Waals surface area (Å²) in [5.41, 5.74) is 0.374. The molecular formula is C18H16ClN3O3S. The highest BCUT2D eigenvalue weighted by Gasteiger charge is 2.15. The van der Waals surface area contributed by atoms with Crippen molar-refractivity contribution in [3.63, 3.8) is 0 Å². The molecule has 26 heavy (non-hydrogen) atoms. The molecule has 0 aliphatic heterocycles. The van der Waals surface area contributed by atoms with E-state index in [9.17, 15) is 9.59 Å². The van der Waals surface area contributed by atoms with Crippen molar-refractivity contribution in [2.24, 2.45) is 0 Å². The Hall–Kier alpha value is -2.64. The number of nitrogens with zero attached hydrogens (tertiary/aromatic N) is 2. The minimum atomic E-state index is -0.446. The first kappa shape index (κ1) is 18.2. The molecule has 0 amide bonds. The third kappa shape index (κ3) is 3.63. The van der Waals surface area contributed by atoms with E-state index in [0.717, 1.165) is 10.3 Å². The Morgan fingerprint density at radius 3 is 2.81 bits per heavy atom. The lowest BCUT2D eigenvalue weighted by atomic mass is 10.2. The summed E-state index contributed by atoms with van der Waals surface area (Å²) in [6.07, 6.45) is 4.41. The van der Waals surface area contributed by atoms with Crippen molar-refractivity contribution in [2.75, 3.05) is 11.9 Å². The predicted octanol–water partition coefficient (Wildman–Crippen LogP) is 3.90. The molecular weight excluding hydrogens is 374 g/mol. The zero-order valence-electron chi connectivity index (χ0n) is 14.2. The van der Waals surface area contributed by atoms with E-state index in [4.69, 9.17) is 16.3 Å². The molecule has 0 unspecified atom stereocenters. The average molecular weight is 390 g/mol. The summed E-state index contributed by atoms with van der Waals surface area (Å²) in [4.78, 5) is 25.3. The van der Waals surface area contributed by atoms with Crippen LogP contribution in [0.3, 0.4) is 0 Å². The van der Waals surface area contributed by atoms with Crippen LogP contribution in [0.2, 0.25) is 5.02 Å². The summed E-state index contributed by atoms with van der Waals surface area (Å²) >= 11 is 7.33. The van der Waals surface area contributed by atoms with Crippen LogP contribution in [-0.4, -0.2) is 22.4 Å². The highest BCUT2D eigenvalue weighted by molar-refractivity contribution is 7.18. The number of thiophene rings is 1. The van der Waals surface area contributed by atoms with Crippen LogP contribution in [0.4, 0.5) is 5.00 Å². The standard InChI is InChI=1S/C18H16ClN3O3S/c1-3-25-15(23)8-9-20-17-16-14(11(2)26-17)10-21-22(18(16)24)13-6-4-12(19)5-7-13/h4-10,20H,3H2,1-2H3/b9-8-. The maximum absolute atomic E-state index is 13.0. The van der Waals surface area contributed by atoms with Crippen molar-refractivity contribution in [3.8, 4) is 5.69 Å². The molecule has 134 valence electrons. The molecule has 2 aromatic heterocycles. The fourth-order valence-corrected chi connectivity index (χ4v) is 3.57. The Bertz CT molecular complexity index is 1040. The predicted molar refractivity (Wildman–Crippen MR) is 104 cm³/mol. The second-order valence-corrected chi connectivity index (χ2v) is 7.00. The number of hydrogen-bond donors (Lipinski definition) is 1. The lowest BCUT2D eigenvalue weighted by molar-refractivity contribution is -0.137. The number of esters is 1. The van der Waals surface area contributed by atoms with Crippen LogP contribution < -0.4 is 10.9 Å². The average Bonchev–Trinajstić information content (AvgIpc) is 2.93. The summed E-state index contributed by atoms with van der Waals surface area (Å²) in [5, 5.41) is 9.79. The van der Waals surface area contributed by atoms with E-state index >= 15 is 0 Å². The number of benzene rings is 1. The molecule has 1 N–H and O–H groups in total. The number of ether oxygens (including phenoxy) is 1. The lowest BCUT2D eigenvalue weighted by Crippen LogP contribution is -2.20. The van der Waals surface area contributed by atoms with Gasteiger partial charge < -0.3 is 10.1 Å². The Morgan fingerprint density at radius 1 is 1.38 bits per heavy atom. The highest BCUT2D eigenvalue weighted by Crippen LogP contribution is 2.32. The molecule has 8 heteroatoms. The van der Waals surface area contributed by atoms with Crippen LogP contribution in [0, 0.1) is 6.92 Å². The number of carbonyl (C=O) groups is 1. The second kappa shape index (κ2) is 7.72. The minimum Gasteiger partial charge on any atom is -0.463 e. The first-order valence-corrected chi connectivity index (χ1v) is 9.08. The Labute approximate surface area is 158 Å². The van der Waals surface area contributed by atoms with Gasteiger partial charge in [0.2, 0.25) is 0 Å². The lowest BCUT2D eigenvalue weighted by Gasteiger charge is -2.05. The summed E-state index contributed by atoms with van der Waals surface area (Å²) in [5.74, 6) is -0.446. The molecule has 1 aromatic carbocycles. The van der Waals surface area contributed by atoms with Gasteiger partial charge in [-0.1, -0.05) is 11.6 Å². The Kier molecular flexibility index (Phi) is 5.39. The maximum atomic E-state index is 13.0. The number of aromatic nitrogens is 2. The quantitative estimate of drug-likeness (QED) is 0.529. The van der Waals surface area contributed by atoms with Gasteiger partial charge in [-0.3, -0.25) is 4.79 Å². The number of nitrogens with one attached hydrogen (secondary N) is 1. The Morgan fingerprint density at radius 2 is 2.12 bits per heavy atom. The van der Waals surface area contributed by atoms with Crippen molar-refractivity contribution in [1.82, 2.24) is 9.78 Å². The first-order valence-electron chi connectivity index (χ1n) is 7.88. The highest BCUT2D eigenvalue weighted by atomic mass is 35.5. The van der Waals surface area contributed by atoms with E-state index in [1.54, 1.807) is 37.4 Å². The van der Waals surface area contributed by atoms with Crippen LogP contribution in [0.1, 0.15) is 11.8 Å². The normalized spacial score (nSPS) is 11.2. The number of carbonyl (C=O) groups excluding carboxylic acids is 1. The van der Waals surface area contributed by atoms with E-state index in [0.29, 0.717) is 27.7 Å². The van der Waals surface area contributed by atoms with Crippen LogP contribution in [0.15, 0.2) is 47.5 Å². The molecule has 0 saturated heterocycles. The van der Waals surface area contributed by atoms with Gasteiger partial charge in [0, 0.05) is 27.6 Å². The van der Waals surface area contributed by atoms with Crippen molar-refractivity contribution in [2.45, 2.75) is 13.8 Å². The molecule has 0 radical (unpaired) electrons. The number of fused-ring (bicyclic) bond motifs is 1. The molecule has 0 spiro atoms. The van der Waals surface area contributed by atoms with Gasteiger partial charge in [0.1, 0.15) is 5.00 Å². The van der Waals surface area contributed by atoms with E-state index in [1.807, 2.05) is 6.92 Å². The fourth-order valence-electron chi connectivity index (χ4n) is 2.44. The second-order valence-electron chi connectivity index (χ2n) is 5.34. The molecule has 0 bridgehead atoms.